The molecular formula is C17H8Cl2N2O6. The van der Waals surface area contributed by atoms with Gasteiger partial charge in [-0.25, -0.2) is 9.79 Å². The number of esters is 1. The Kier molecular flexibility index (Phi) is 4.21. The van der Waals surface area contributed by atoms with E-state index in [0.29, 0.717) is 16.3 Å². The quantitative estimate of drug-likeness (QED) is 0.330. The van der Waals surface area contributed by atoms with Gasteiger partial charge in [-0.05, 0) is 30.3 Å². The van der Waals surface area contributed by atoms with E-state index in [-0.39, 0.29) is 40.4 Å². The molecule has 0 saturated heterocycles. The van der Waals surface area contributed by atoms with Gasteiger partial charge in [0.1, 0.15) is 0 Å². The molecule has 2 heterocycles. The van der Waals surface area contributed by atoms with Crippen LogP contribution in [0.1, 0.15) is 11.1 Å². The van der Waals surface area contributed by atoms with Gasteiger partial charge in [0.2, 0.25) is 12.7 Å². The lowest BCUT2D eigenvalue weighted by Gasteiger charge is -2.01. The lowest BCUT2D eigenvalue weighted by molar-refractivity contribution is -0.385. The van der Waals surface area contributed by atoms with Crippen LogP contribution in [0.4, 0.5) is 5.69 Å². The van der Waals surface area contributed by atoms with Crippen LogP contribution < -0.4 is 9.47 Å². The number of halogens is 2. The van der Waals surface area contributed by atoms with Crippen molar-refractivity contribution in [3.63, 3.8) is 0 Å². The smallest absolute Gasteiger partial charge is 0.363 e. The second-order valence-electron chi connectivity index (χ2n) is 5.49. The first-order valence-corrected chi connectivity index (χ1v) is 8.24. The number of carbonyl (C=O) groups is 1. The number of hydrogen-bond donors (Lipinski definition) is 0. The average Bonchev–Trinajstić information content (AvgIpc) is 3.23. The third kappa shape index (κ3) is 3.20. The molecule has 2 aromatic carbocycles. The Morgan fingerprint density at radius 1 is 1.11 bits per heavy atom. The Morgan fingerprint density at radius 3 is 2.56 bits per heavy atom. The minimum atomic E-state index is -0.747. The first kappa shape index (κ1) is 17.3. The molecule has 0 radical (unpaired) electrons. The molecule has 0 aliphatic carbocycles. The van der Waals surface area contributed by atoms with E-state index in [1.54, 1.807) is 12.1 Å². The van der Waals surface area contributed by atoms with Crippen LogP contribution in [0.5, 0.6) is 11.5 Å². The lowest BCUT2D eigenvalue weighted by atomic mass is 10.1. The van der Waals surface area contributed by atoms with Crippen LogP contribution in [0, 0.1) is 10.1 Å². The Morgan fingerprint density at radius 2 is 1.85 bits per heavy atom. The number of nitro benzene ring substituents is 1. The largest absolute Gasteiger partial charge is 0.454 e. The average molecular weight is 407 g/mol. The fourth-order valence-electron chi connectivity index (χ4n) is 2.53. The lowest BCUT2D eigenvalue weighted by Crippen LogP contribution is -2.05. The van der Waals surface area contributed by atoms with Crippen LogP contribution in [0.2, 0.25) is 10.0 Å². The van der Waals surface area contributed by atoms with Gasteiger partial charge in [0, 0.05) is 5.56 Å². The van der Waals surface area contributed by atoms with Gasteiger partial charge in [0.15, 0.2) is 17.2 Å². The summed E-state index contributed by atoms with van der Waals surface area (Å²) in [5.74, 6) is -0.124. The third-order valence-corrected chi connectivity index (χ3v) is 4.54. The molecule has 2 aliphatic rings. The number of carbonyl (C=O) groups excluding carboxylic acids is 1. The minimum Gasteiger partial charge on any atom is -0.454 e. The maximum atomic E-state index is 12.1. The molecular weight excluding hydrogens is 399 g/mol. The van der Waals surface area contributed by atoms with Crippen LogP contribution in [-0.4, -0.2) is 23.6 Å². The second kappa shape index (κ2) is 6.57. The third-order valence-electron chi connectivity index (χ3n) is 3.80. The molecule has 0 bridgehead atoms. The van der Waals surface area contributed by atoms with Crippen LogP contribution in [0.25, 0.3) is 6.08 Å². The fourth-order valence-corrected chi connectivity index (χ4v) is 2.83. The molecule has 10 heteroatoms. The zero-order valence-corrected chi connectivity index (χ0v) is 14.8. The molecule has 4 rings (SSSR count). The van der Waals surface area contributed by atoms with Gasteiger partial charge in [0.25, 0.3) is 5.69 Å². The molecule has 0 saturated carbocycles. The van der Waals surface area contributed by atoms with E-state index in [1.165, 1.54) is 24.3 Å². The summed E-state index contributed by atoms with van der Waals surface area (Å²) in [5.41, 5.74) is 0.229. The molecule has 0 amide bonds. The SMILES string of the molecule is O=C1OC(c2ccc(Cl)c(Cl)c2)=N/C1=C\c1cc2c(cc1[N+](=O)[O-])OCO2. The summed E-state index contributed by atoms with van der Waals surface area (Å²) in [6.45, 7) is -0.0336. The van der Waals surface area contributed by atoms with Crippen LogP contribution in [0.15, 0.2) is 41.0 Å². The number of rotatable bonds is 3. The number of nitro groups is 1. The summed E-state index contributed by atoms with van der Waals surface area (Å²) < 4.78 is 15.5. The van der Waals surface area contributed by atoms with E-state index in [4.69, 9.17) is 37.4 Å². The second-order valence-corrected chi connectivity index (χ2v) is 6.30. The van der Waals surface area contributed by atoms with Crippen molar-refractivity contribution in [2.45, 2.75) is 0 Å². The van der Waals surface area contributed by atoms with Gasteiger partial charge in [0.05, 0.1) is 26.6 Å². The normalized spacial score (nSPS) is 16.4. The van der Waals surface area contributed by atoms with Crippen molar-refractivity contribution in [1.82, 2.24) is 0 Å². The fraction of sp³-hybridized carbons (Fsp3) is 0.0588. The summed E-state index contributed by atoms with van der Waals surface area (Å²) in [7, 11) is 0. The molecule has 8 nitrogen and oxygen atoms in total. The highest BCUT2D eigenvalue weighted by Crippen LogP contribution is 2.39. The zero-order chi connectivity index (χ0) is 19.1. The number of aliphatic imine (C=N–C) groups is 1. The van der Waals surface area contributed by atoms with Crippen molar-refractivity contribution in [2.75, 3.05) is 6.79 Å². The topological polar surface area (TPSA) is 100 Å². The van der Waals surface area contributed by atoms with E-state index in [1.807, 2.05) is 0 Å². The molecule has 0 fully saturated rings. The summed E-state index contributed by atoms with van der Waals surface area (Å²) in [6, 6.07) is 7.28. The molecule has 2 aromatic rings. The van der Waals surface area contributed by atoms with E-state index in [9.17, 15) is 14.9 Å². The van der Waals surface area contributed by atoms with Crippen molar-refractivity contribution < 1.29 is 23.9 Å². The maximum Gasteiger partial charge on any atom is 0.363 e. The number of ether oxygens (including phenoxy) is 3. The molecule has 0 unspecified atom stereocenters. The van der Waals surface area contributed by atoms with Crippen molar-refractivity contribution in [3.8, 4) is 11.5 Å². The monoisotopic (exact) mass is 406 g/mol. The minimum absolute atomic E-state index is 0.0215. The van der Waals surface area contributed by atoms with E-state index >= 15 is 0 Å². The van der Waals surface area contributed by atoms with E-state index in [0.717, 1.165) is 0 Å². The summed E-state index contributed by atoms with van der Waals surface area (Å²) in [4.78, 5) is 27.0. The summed E-state index contributed by atoms with van der Waals surface area (Å²) in [5, 5.41) is 12.0. The molecule has 0 aromatic heterocycles. The number of fused-ring (bicyclic) bond motifs is 1. The summed E-state index contributed by atoms with van der Waals surface area (Å²) >= 11 is 11.8. The van der Waals surface area contributed by atoms with Gasteiger partial charge in [-0.3, -0.25) is 10.1 Å². The maximum absolute atomic E-state index is 12.1. The Balaban J connectivity index is 1.76. The predicted molar refractivity (Wildman–Crippen MR) is 96.3 cm³/mol. The van der Waals surface area contributed by atoms with Crippen LogP contribution in [-0.2, 0) is 9.53 Å². The first-order valence-electron chi connectivity index (χ1n) is 7.48. The molecule has 0 N–H and O–H groups in total. The molecule has 136 valence electrons. The standard InChI is InChI=1S/C17H8Cl2N2O6/c18-10-2-1-8(3-11(10)19)16-20-12(17(22)27-16)4-9-5-14-15(26-7-25-14)6-13(9)21(23)24/h1-6H,7H2/b12-4-. The highest BCUT2D eigenvalue weighted by Gasteiger charge is 2.28. The number of cyclic esters (lactones) is 1. The van der Waals surface area contributed by atoms with Gasteiger partial charge in [-0.2, -0.15) is 0 Å². The molecule has 27 heavy (non-hydrogen) atoms. The van der Waals surface area contributed by atoms with Crippen molar-refractivity contribution in [2.24, 2.45) is 4.99 Å². The van der Waals surface area contributed by atoms with Gasteiger partial charge in [-0.1, -0.05) is 23.2 Å². The highest BCUT2D eigenvalue weighted by atomic mass is 35.5. The van der Waals surface area contributed by atoms with Gasteiger partial charge in [-0.15, -0.1) is 0 Å². The van der Waals surface area contributed by atoms with E-state index < -0.39 is 10.9 Å². The highest BCUT2D eigenvalue weighted by molar-refractivity contribution is 6.42. The Labute approximate surface area is 161 Å². The van der Waals surface area contributed by atoms with Gasteiger partial charge < -0.3 is 14.2 Å². The van der Waals surface area contributed by atoms with Gasteiger partial charge >= 0.3 is 5.97 Å². The van der Waals surface area contributed by atoms with Crippen LogP contribution in [0.3, 0.4) is 0 Å². The molecule has 0 atom stereocenters. The van der Waals surface area contributed by atoms with Crippen molar-refractivity contribution >= 4 is 46.8 Å². The Bertz CT molecular complexity index is 1060. The zero-order valence-electron chi connectivity index (χ0n) is 13.3. The molecule has 0 spiro atoms. The Hall–Kier alpha value is -3.10. The number of nitrogens with zero attached hydrogens (tertiary/aromatic N) is 2. The van der Waals surface area contributed by atoms with Crippen molar-refractivity contribution in [3.05, 3.63) is 67.3 Å². The van der Waals surface area contributed by atoms with Crippen molar-refractivity contribution in [1.29, 1.82) is 0 Å². The summed E-state index contributed by atoms with van der Waals surface area (Å²) in [6.07, 6.45) is 1.26. The first-order chi connectivity index (χ1) is 12.9. The number of benzene rings is 2. The predicted octanol–water partition coefficient (Wildman–Crippen LogP) is 3.97. The number of hydrogen-bond acceptors (Lipinski definition) is 7. The molecule has 2 aliphatic heterocycles. The van der Waals surface area contributed by atoms with E-state index in [2.05, 4.69) is 4.99 Å². The van der Waals surface area contributed by atoms with Crippen LogP contribution >= 0.6 is 23.2 Å².